The Hall–Kier alpha value is -2.55. The minimum Gasteiger partial charge on any atom is -0.504 e. The fraction of sp³-hybridized carbons (Fsp3) is 0.333. The highest BCUT2D eigenvalue weighted by atomic mass is 35.5. The van der Waals surface area contributed by atoms with Crippen LogP contribution in [-0.2, 0) is 0 Å². The number of aromatic hydroxyl groups is 2. The van der Waals surface area contributed by atoms with E-state index in [-0.39, 0.29) is 0 Å². The molecule has 3 amide bonds. The average molecular weight is 332 g/mol. The lowest BCUT2D eigenvalue weighted by molar-refractivity contribution is -0.386. The molecule has 0 bridgehead atoms. The number of nitro groups is 1. The maximum absolute atomic E-state index is 12.0. The van der Waals surface area contributed by atoms with E-state index in [0.717, 1.165) is 6.07 Å². The van der Waals surface area contributed by atoms with Crippen molar-refractivity contribution in [1.82, 2.24) is 10.6 Å². The zero-order valence-corrected chi connectivity index (χ0v) is 12.7. The molecule has 0 saturated heterocycles. The molecule has 22 heavy (non-hydrogen) atoms. The molecular formula is C12H14ClN3O6. The summed E-state index contributed by atoms with van der Waals surface area (Å²) in [4.78, 5) is 33.5. The molecule has 0 unspecified atom stereocenters. The van der Waals surface area contributed by atoms with Gasteiger partial charge >= 0.3 is 11.7 Å². The lowest BCUT2D eigenvalue weighted by Crippen LogP contribution is -2.48. The van der Waals surface area contributed by atoms with E-state index in [2.05, 4.69) is 5.32 Å². The quantitative estimate of drug-likeness (QED) is 0.370. The Labute approximate surface area is 130 Å². The highest BCUT2D eigenvalue weighted by Crippen LogP contribution is 2.41. The maximum Gasteiger partial charge on any atom is 0.328 e. The van der Waals surface area contributed by atoms with Crippen molar-refractivity contribution in [1.29, 1.82) is 0 Å². The number of halogens is 1. The van der Waals surface area contributed by atoms with Crippen molar-refractivity contribution in [2.24, 2.45) is 0 Å². The van der Waals surface area contributed by atoms with Crippen molar-refractivity contribution in [3.8, 4) is 11.5 Å². The van der Waals surface area contributed by atoms with Crippen molar-refractivity contribution < 1.29 is 24.7 Å². The Morgan fingerprint density at radius 2 is 1.86 bits per heavy atom. The van der Waals surface area contributed by atoms with Gasteiger partial charge in [0.15, 0.2) is 5.75 Å². The van der Waals surface area contributed by atoms with Gasteiger partial charge in [0, 0.05) is 11.6 Å². The van der Waals surface area contributed by atoms with Gasteiger partial charge in [0.2, 0.25) is 5.75 Å². The van der Waals surface area contributed by atoms with E-state index in [1.54, 1.807) is 20.8 Å². The lowest BCUT2D eigenvalue weighted by atomic mass is 10.1. The second-order valence-corrected chi connectivity index (χ2v) is 5.77. The molecule has 0 aromatic heterocycles. The maximum atomic E-state index is 12.0. The summed E-state index contributed by atoms with van der Waals surface area (Å²) >= 11 is 5.69. The number of phenols is 2. The number of nitrogens with zero attached hydrogens (tertiary/aromatic N) is 1. The minimum absolute atomic E-state index is 0.483. The Morgan fingerprint density at radius 1 is 1.32 bits per heavy atom. The normalized spacial score (nSPS) is 10.9. The molecule has 0 aliphatic rings. The molecule has 1 aromatic rings. The van der Waals surface area contributed by atoms with Crippen LogP contribution < -0.4 is 10.6 Å². The number of imide groups is 1. The van der Waals surface area contributed by atoms with Gasteiger partial charge < -0.3 is 15.5 Å². The predicted molar refractivity (Wildman–Crippen MR) is 77.2 cm³/mol. The molecule has 0 aliphatic heterocycles. The van der Waals surface area contributed by atoms with Crippen LogP contribution in [0.3, 0.4) is 0 Å². The van der Waals surface area contributed by atoms with E-state index in [4.69, 9.17) is 11.6 Å². The molecule has 120 valence electrons. The van der Waals surface area contributed by atoms with Gasteiger partial charge in [-0.25, -0.2) is 4.79 Å². The fourth-order valence-electron chi connectivity index (χ4n) is 1.54. The molecule has 0 atom stereocenters. The largest absolute Gasteiger partial charge is 0.504 e. The molecule has 0 radical (unpaired) electrons. The Bertz CT molecular complexity index is 653. The van der Waals surface area contributed by atoms with E-state index in [0.29, 0.717) is 0 Å². The minimum atomic E-state index is -1.19. The van der Waals surface area contributed by atoms with Gasteiger partial charge in [-0.1, -0.05) is 11.6 Å². The number of benzene rings is 1. The van der Waals surface area contributed by atoms with Crippen LogP contribution in [-0.4, -0.2) is 32.6 Å². The van der Waals surface area contributed by atoms with Gasteiger partial charge in [0.05, 0.1) is 9.95 Å². The number of carbonyl (C=O) groups is 2. The number of nitrogens with one attached hydrogen (secondary N) is 2. The summed E-state index contributed by atoms with van der Waals surface area (Å²) in [5.74, 6) is -3.16. The fourth-order valence-corrected chi connectivity index (χ4v) is 1.82. The first kappa shape index (κ1) is 17.5. The van der Waals surface area contributed by atoms with Crippen LogP contribution in [0.1, 0.15) is 31.1 Å². The summed E-state index contributed by atoms with van der Waals surface area (Å²) in [5, 5.41) is 33.6. The van der Waals surface area contributed by atoms with Crippen LogP contribution in [0, 0.1) is 10.1 Å². The number of amides is 3. The van der Waals surface area contributed by atoms with Crippen molar-refractivity contribution in [3.63, 3.8) is 0 Å². The number of phenolic OH excluding ortho intramolecular Hbond substituents is 2. The number of carbonyl (C=O) groups excluding carboxylic acids is 2. The average Bonchev–Trinajstić information content (AvgIpc) is 2.29. The zero-order chi connectivity index (χ0) is 17.2. The summed E-state index contributed by atoms with van der Waals surface area (Å²) in [6.45, 7) is 5.00. The molecule has 1 rings (SSSR count). The van der Waals surface area contributed by atoms with Crippen LogP contribution >= 0.6 is 11.6 Å². The molecule has 0 saturated carbocycles. The summed E-state index contributed by atoms with van der Waals surface area (Å²) in [6, 6.07) is -0.129. The first-order valence-electron chi connectivity index (χ1n) is 5.96. The van der Waals surface area contributed by atoms with Crippen molar-refractivity contribution in [2.45, 2.75) is 26.3 Å². The van der Waals surface area contributed by atoms with Gasteiger partial charge in [-0.2, -0.15) is 0 Å². The molecule has 4 N–H and O–H groups in total. The van der Waals surface area contributed by atoms with Gasteiger partial charge in [0.25, 0.3) is 5.91 Å². The molecular weight excluding hydrogens is 318 g/mol. The molecule has 0 spiro atoms. The predicted octanol–water partition coefficient (Wildman–Crippen LogP) is 1.90. The topological polar surface area (TPSA) is 142 Å². The second kappa shape index (κ2) is 6.06. The van der Waals surface area contributed by atoms with Crippen molar-refractivity contribution >= 4 is 29.2 Å². The third kappa shape index (κ3) is 3.98. The summed E-state index contributed by atoms with van der Waals surface area (Å²) in [7, 11) is 0. The lowest BCUT2D eigenvalue weighted by Gasteiger charge is -2.20. The van der Waals surface area contributed by atoms with Crippen LogP contribution in [0.15, 0.2) is 6.07 Å². The van der Waals surface area contributed by atoms with E-state index in [1.807, 2.05) is 5.32 Å². The molecule has 0 heterocycles. The van der Waals surface area contributed by atoms with E-state index < -0.39 is 50.2 Å². The van der Waals surface area contributed by atoms with Gasteiger partial charge in [-0.3, -0.25) is 20.2 Å². The van der Waals surface area contributed by atoms with Crippen LogP contribution in [0.2, 0.25) is 5.02 Å². The Morgan fingerprint density at radius 3 is 2.32 bits per heavy atom. The summed E-state index contributed by atoms with van der Waals surface area (Å²) in [6.07, 6.45) is 0. The van der Waals surface area contributed by atoms with Crippen LogP contribution in [0.4, 0.5) is 10.5 Å². The third-order valence-electron chi connectivity index (χ3n) is 2.33. The Kier molecular flexibility index (Phi) is 4.82. The van der Waals surface area contributed by atoms with Crippen molar-refractivity contribution in [2.75, 3.05) is 0 Å². The molecule has 10 heteroatoms. The number of hydrogen-bond acceptors (Lipinski definition) is 6. The van der Waals surface area contributed by atoms with E-state index in [9.17, 15) is 29.9 Å². The third-order valence-corrected chi connectivity index (χ3v) is 2.63. The molecule has 0 fully saturated rings. The smallest absolute Gasteiger partial charge is 0.328 e. The van der Waals surface area contributed by atoms with Gasteiger partial charge in [-0.05, 0) is 20.8 Å². The molecule has 0 aliphatic carbocycles. The van der Waals surface area contributed by atoms with Crippen molar-refractivity contribution in [3.05, 3.63) is 26.8 Å². The monoisotopic (exact) mass is 331 g/mol. The number of urea groups is 1. The highest BCUT2D eigenvalue weighted by molar-refractivity contribution is 6.35. The van der Waals surface area contributed by atoms with Crippen LogP contribution in [0.25, 0.3) is 0 Å². The van der Waals surface area contributed by atoms with Crippen LogP contribution in [0.5, 0.6) is 11.5 Å². The first-order valence-corrected chi connectivity index (χ1v) is 6.34. The molecule has 1 aromatic carbocycles. The standard InChI is InChI=1S/C12H14ClN3O6/c1-12(2,3)15-11(20)14-10(19)7-5(13)4-6(17)9(18)8(7)16(21)22/h4,17-18H,1-3H3,(H2,14,15,19,20). The summed E-state index contributed by atoms with van der Waals surface area (Å²) < 4.78 is 0. The Balaban J connectivity index is 3.21. The number of nitro benzene ring substituents is 1. The van der Waals surface area contributed by atoms with E-state index >= 15 is 0 Å². The van der Waals surface area contributed by atoms with E-state index in [1.165, 1.54) is 0 Å². The SMILES string of the molecule is CC(C)(C)NC(=O)NC(=O)c1c(Cl)cc(O)c(O)c1[N+](=O)[O-]. The zero-order valence-electron chi connectivity index (χ0n) is 11.9. The first-order chi connectivity index (χ1) is 9.94. The summed E-state index contributed by atoms with van der Waals surface area (Å²) in [5.41, 5.74) is -2.46. The van der Waals surface area contributed by atoms with Gasteiger partial charge in [-0.15, -0.1) is 0 Å². The molecule has 9 nitrogen and oxygen atoms in total. The van der Waals surface area contributed by atoms with Gasteiger partial charge in [0.1, 0.15) is 5.56 Å². The number of hydrogen-bond donors (Lipinski definition) is 4. The second-order valence-electron chi connectivity index (χ2n) is 5.37. The number of rotatable bonds is 2. The highest BCUT2D eigenvalue weighted by Gasteiger charge is 2.32.